The summed E-state index contributed by atoms with van der Waals surface area (Å²) >= 11 is 0. The Morgan fingerprint density at radius 3 is 2.78 bits per heavy atom. The first-order chi connectivity index (χ1) is 8.58. The van der Waals surface area contributed by atoms with Gasteiger partial charge in [-0.1, -0.05) is 18.2 Å². The lowest BCUT2D eigenvalue weighted by Gasteiger charge is -2.10. The van der Waals surface area contributed by atoms with Crippen LogP contribution in [0.15, 0.2) is 36.5 Å². The van der Waals surface area contributed by atoms with Crippen molar-refractivity contribution in [2.75, 3.05) is 0 Å². The van der Waals surface area contributed by atoms with Crippen LogP contribution >= 0.6 is 0 Å². The molecule has 1 atom stereocenters. The maximum absolute atomic E-state index is 11.8. The quantitative estimate of drug-likeness (QED) is 0.837. The Labute approximate surface area is 104 Å². The minimum absolute atomic E-state index is 0.362. The van der Waals surface area contributed by atoms with E-state index in [2.05, 4.69) is 10.3 Å². The molecule has 2 rings (SSSR count). The number of nitrogens with two attached hydrogens (primary N) is 1. The molecule has 0 fully saturated rings. The Bertz CT molecular complexity index is 610. The molecule has 0 spiro atoms. The Balaban J connectivity index is 2.25. The van der Waals surface area contributed by atoms with Gasteiger partial charge in [-0.05, 0) is 19.1 Å². The van der Waals surface area contributed by atoms with Crippen molar-refractivity contribution in [1.82, 2.24) is 10.3 Å². The van der Waals surface area contributed by atoms with Crippen LogP contribution in [-0.4, -0.2) is 22.8 Å². The molecule has 0 unspecified atom stereocenters. The molecule has 1 heterocycles. The van der Waals surface area contributed by atoms with E-state index in [1.807, 2.05) is 24.3 Å². The number of nitrogens with zero attached hydrogens (tertiary/aromatic N) is 1. The molecule has 5 heteroatoms. The normalized spacial score (nSPS) is 12.1. The standard InChI is InChI=1S/C13H13N3O2/c1-8(12(14)17)16-13(18)10-6-9-4-2-3-5-11(9)15-7-10/h2-8H,1H3,(H2,14,17)(H,16,18)/t8-/m1/s1. The van der Waals surface area contributed by atoms with E-state index in [1.165, 1.54) is 13.1 Å². The van der Waals surface area contributed by atoms with Crippen molar-refractivity contribution in [3.63, 3.8) is 0 Å². The summed E-state index contributed by atoms with van der Waals surface area (Å²) in [4.78, 5) is 26.9. The highest BCUT2D eigenvalue weighted by Crippen LogP contribution is 2.12. The molecular weight excluding hydrogens is 230 g/mol. The number of nitrogens with one attached hydrogen (secondary N) is 1. The second-order valence-corrected chi connectivity index (χ2v) is 4.01. The first kappa shape index (κ1) is 12.0. The highest BCUT2D eigenvalue weighted by molar-refractivity contribution is 5.99. The van der Waals surface area contributed by atoms with Gasteiger partial charge < -0.3 is 11.1 Å². The van der Waals surface area contributed by atoms with Crippen LogP contribution in [0.1, 0.15) is 17.3 Å². The lowest BCUT2D eigenvalue weighted by Crippen LogP contribution is -2.42. The van der Waals surface area contributed by atoms with Crippen molar-refractivity contribution in [2.45, 2.75) is 13.0 Å². The van der Waals surface area contributed by atoms with Gasteiger partial charge >= 0.3 is 0 Å². The molecule has 1 aromatic carbocycles. The zero-order valence-electron chi connectivity index (χ0n) is 9.88. The molecule has 0 aliphatic rings. The van der Waals surface area contributed by atoms with Crippen molar-refractivity contribution < 1.29 is 9.59 Å². The summed E-state index contributed by atoms with van der Waals surface area (Å²) < 4.78 is 0. The molecule has 0 saturated carbocycles. The van der Waals surface area contributed by atoms with Crippen LogP contribution in [0.4, 0.5) is 0 Å². The largest absolute Gasteiger partial charge is 0.368 e. The van der Waals surface area contributed by atoms with Gasteiger partial charge in [0.25, 0.3) is 5.91 Å². The predicted octanol–water partition coefficient (Wildman–Crippen LogP) is 0.838. The minimum atomic E-state index is -0.705. The van der Waals surface area contributed by atoms with E-state index in [-0.39, 0.29) is 5.91 Å². The number of para-hydroxylation sites is 1. The minimum Gasteiger partial charge on any atom is -0.368 e. The number of benzene rings is 1. The van der Waals surface area contributed by atoms with E-state index in [0.717, 1.165) is 10.9 Å². The SMILES string of the molecule is C[C@@H](NC(=O)c1cnc2ccccc2c1)C(N)=O. The highest BCUT2D eigenvalue weighted by Gasteiger charge is 2.14. The molecule has 1 aromatic heterocycles. The van der Waals surface area contributed by atoms with Crippen LogP contribution in [0.5, 0.6) is 0 Å². The Morgan fingerprint density at radius 1 is 1.33 bits per heavy atom. The van der Waals surface area contributed by atoms with E-state index in [1.54, 1.807) is 6.07 Å². The van der Waals surface area contributed by atoms with E-state index in [9.17, 15) is 9.59 Å². The van der Waals surface area contributed by atoms with E-state index in [4.69, 9.17) is 5.73 Å². The number of fused-ring (bicyclic) bond motifs is 1. The summed E-state index contributed by atoms with van der Waals surface area (Å²) in [6.07, 6.45) is 1.48. The number of primary amides is 1. The molecule has 92 valence electrons. The van der Waals surface area contributed by atoms with Crippen molar-refractivity contribution in [3.05, 3.63) is 42.1 Å². The number of hydrogen-bond donors (Lipinski definition) is 2. The molecule has 0 aliphatic heterocycles. The first-order valence-corrected chi connectivity index (χ1v) is 5.53. The van der Waals surface area contributed by atoms with E-state index >= 15 is 0 Å². The number of amides is 2. The van der Waals surface area contributed by atoms with Gasteiger partial charge in [-0.15, -0.1) is 0 Å². The van der Waals surface area contributed by atoms with Gasteiger partial charge in [0.2, 0.25) is 5.91 Å². The summed E-state index contributed by atoms with van der Waals surface area (Å²) in [5.74, 6) is -0.934. The summed E-state index contributed by atoms with van der Waals surface area (Å²) in [6, 6.07) is 8.51. The molecule has 0 radical (unpaired) electrons. The molecule has 5 nitrogen and oxygen atoms in total. The monoisotopic (exact) mass is 243 g/mol. The van der Waals surface area contributed by atoms with Crippen molar-refractivity contribution >= 4 is 22.7 Å². The summed E-state index contributed by atoms with van der Waals surface area (Å²) in [6.45, 7) is 1.54. The van der Waals surface area contributed by atoms with Gasteiger partial charge in [-0.25, -0.2) is 0 Å². The maximum Gasteiger partial charge on any atom is 0.253 e. The molecule has 18 heavy (non-hydrogen) atoms. The molecule has 3 N–H and O–H groups in total. The van der Waals surface area contributed by atoms with Gasteiger partial charge in [0.15, 0.2) is 0 Å². The van der Waals surface area contributed by atoms with Crippen LogP contribution in [0.3, 0.4) is 0 Å². The number of hydrogen-bond acceptors (Lipinski definition) is 3. The topological polar surface area (TPSA) is 85.1 Å². The molecule has 2 aromatic rings. The number of carbonyl (C=O) groups excluding carboxylic acids is 2. The lowest BCUT2D eigenvalue weighted by atomic mass is 10.1. The van der Waals surface area contributed by atoms with Crippen LogP contribution in [0.25, 0.3) is 10.9 Å². The fraction of sp³-hybridized carbons (Fsp3) is 0.154. The van der Waals surface area contributed by atoms with Crippen LogP contribution in [-0.2, 0) is 4.79 Å². The number of aromatic nitrogens is 1. The molecular formula is C13H13N3O2. The third-order valence-corrected chi connectivity index (χ3v) is 2.63. The predicted molar refractivity (Wildman–Crippen MR) is 67.9 cm³/mol. The van der Waals surface area contributed by atoms with E-state index < -0.39 is 11.9 Å². The molecule has 2 amide bonds. The van der Waals surface area contributed by atoms with Gasteiger partial charge in [-0.3, -0.25) is 14.6 Å². The van der Waals surface area contributed by atoms with Crippen LogP contribution in [0, 0.1) is 0 Å². The van der Waals surface area contributed by atoms with Crippen LogP contribution in [0.2, 0.25) is 0 Å². The average Bonchev–Trinajstić information content (AvgIpc) is 2.37. The van der Waals surface area contributed by atoms with Crippen molar-refractivity contribution in [3.8, 4) is 0 Å². The Morgan fingerprint density at radius 2 is 2.06 bits per heavy atom. The molecule has 0 bridgehead atoms. The van der Waals surface area contributed by atoms with Gasteiger partial charge in [0.1, 0.15) is 6.04 Å². The summed E-state index contributed by atoms with van der Waals surface area (Å²) in [5.41, 5.74) is 6.30. The van der Waals surface area contributed by atoms with Gasteiger partial charge in [0, 0.05) is 11.6 Å². The van der Waals surface area contributed by atoms with E-state index in [0.29, 0.717) is 5.56 Å². The second-order valence-electron chi connectivity index (χ2n) is 4.01. The molecule has 0 saturated heterocycles. The smallest absolute Gasteiger partial charge is 0.253 e. The summed E-state index contributed by atoms with van der Waals surface area (Å²) in [7, 11) is 0. The number of carbonyl (C=O) groups is 2. The first-order valence-electron chi connectivity index (χ1n) is 5.53. The summed E-state index contributed by atoms with van der Waals surface area (Å²) in [5, 5.41) is 3.38. The van der Waals surface area contributed by atoms with Gasteiger partial charge in [0.05, 0.1) is 11.1 Å². The fourth-order valence-electron chi connectivity index (χ4n) is 1.55. The second kappa shape index (κ2) is 4.83. The van der Waals surface area contributed by atoms with Gasteiger partial charge in [-0.2, -0.15) is 0 Å². The average molecular weight is 243 g/mol. The van der Waals surface area contributed by atoms with Crippen molar-refractivity contribution in [2.24, 2.45) is 5.73 Å². The Hall–Kier alpha value is -2.43. The number of pyridine rings is 1. The highest BCUT2D eigenvalue weighted by atomic mass is 16.2. The third kappa shape index (κ3) is 2.45. The fourth-order valence-corrected chi connectivity index (χ4v) is 1.55. The molecule has 0 aliphatic carbocycles. The zero-order chi connectivity index (χ0) is 13.1. The van der Waals surface area contributed by atoms with Crippen LogP contribution < -0.4 is 11.1 Å². The number of rotatable bonds is 3. The third-order valence-electron chi connectivity index (χ3n) is 2.63. The van der Waals surface area contributed by atoms with Crippen molar-refractivity contribution in [1.29, 1.82) is 0 Å². The maximum atomic E-state index is 11.8. The zero-order valence-corrected chi connectivity index (χ0v) is 9.88. The Kier molecular flexibility index (Phi) is 3.23. The lowest BCUT2D eigenvalue weighted by molar-refractivity contribution is -0.119.